The first-order chi connectivity index (χ1) is 6.81. The topological polar surface area (TPSA) is 29.3 Å². The van der Waals surface area contributed by atoms with Gasteiger partial charge in [-0.3, -0.25) is 0 Å². The second-order valence-electron chi connectivity index (χ2n) is 3.51. The quantitative estimate of drug-likeness (QED) is 0.791. The van der Waals surface area contributed by atoms with Gasteiger partial charge in [0.2, 0.25) is 0 Å². The lowest BCUT2D eigenvalue weighted by Gasteiger charge is -2.02. The molecule has 74 valence electrons. The van der Waals surface area contributed by atoms with E-state index in [1.54, 1.807) is 0 Å². The van der Waals surface area contributed by atoms with Crippen molar-refractivity contribution in [3.8, 4) is 0 Å². The summed E-state index contributed by atoms with van der Waals surface area (Å²) in [5.41, 5.74) is 3.62. The number of aromatic nitrogens is 2. The molecule has 0 saturated carbocycles. The van der Waals surface area contributed by atoms with Crippen molar-refractivity contribution in [3.63, 3.8) is 0 Å². The molecule has 0 amide bonds. The van der Waals surface area contributed by atoms with E-state index in [1.165, 1.54) is 11.1 Å². The van der Waals surface area contributed by atoms with Crippen LogP contribution in [0.1, 0.15) is 11.3 Å². The van der Waals surface area contributed by atoms with E-state index in [0.717, 1.165) is 18.7 Å². The summed E-state index contributed by atoms with van der Waals surface area (Å²) in [7, 11) is 1.97. The Hall–Kier alpha value is -1.35. The number of aryl methyl sites for hydroxylation is 1. The first-order valence-corrected chi connectivity index (χ1v) is 4.88. The summed E-state index contributed by atoms with van der Waals surface area (Å²) in [4.78, 5) is 4.26. The molecule has 0 aromatic carbocycles. The number of pyridine rings is 1. The zero-order valence-electron chi connectivity index (χ0n) is 8.62. The highest BCUT2D eigenvalue weighted by Gasteiger charge is 1.99. The van der Waals surface area contributed by atoms with Crippen LogP contribution in [0.4, 0.5) is 0 Å². The van der Waals surface area contributed by atoms with Crippen LogP contribution in [-0.2, 0) is 6.42 Å². The summed E-state index contributed by atoms with van der Waals surface area (Å²) in [5, 5.41) is 3.14. The third-order valence-corrected chi connectivity index (χ3v) is 2.45. The number of rotatable bonds is 3. The van der Waals surface area contributed by atoms with Crippen molar-refractivity contribution in [1.82, 2.24) is 14.7 Å². The van der Waals surface area contributed by atoms with Gasteiger partial charge in [0.1, 0.15) is 0 Å². The first-order valence-electron chi connectivity index (χ1n) is 4.88. The molecule has 0 saturated heterocycles. The summed E-state index contributed by atoms with van der Waals surface area (Å²) in [6.07, 6.45) is 5.07. The molecule has 0 bridgehead atoms. The molecular weight excluding hydrogens is 174 g/mol. The summed E-state index contributed by atoms with van der Waals surface area (Å²) >= 11 is 0. The van der Waals surface area contributed by atoms with Crippen LogP contribution in [0.15, 0.2) is 24.7 Å². The van der Waals surface area contributed by atoms with E-state index in [2.05, 4.69) is 33.0 Å². The van der Waals surface area contributed by atoms with E-state index in [4.69, 9.17) is 0 Å². The van der Waals surface area contributed by atoms with Gasteiger partial charge in [-0.15, -0.1) is 0 Å². The van der Waals surface area contributed by atoms with E-state index >= 15 is 0 Å². The van der Waals surface area contributed by atoms with Gasteiger partial charge < -0.3 is 9.72 Å². The monoisotopic (exact) mass is 189 g/mol. The van der Waals surface area contributed by atoms with Crippen LogP contribution in [0.25, 0.3) is 5.52 Å². The minimum absolute atomic E-state index is 1.01. The molecule has 2 rings (SSSR count). The lowest BCUT2D eigenvalue weighted by Crippen LogP contribution is -2.10. The average Bonchev–Trinajstić information content (AvgIpc) is 2.57. The van der Waals surface area contributed by atoms with Gasteiger partial charge >= 0.3 is 0 Å². The fraction of sp³-hybridized carbons (Fsp3) is 0.364. The largest absolute Gasteiger partial charge is 0.319 e. The van der Waals surface area contributed by atoms with Gasteiger partial charge in [0.05, 0.1) is 17.5 Å². The van der Waals surface area contributed by atoms with Crippen molar-refractivity contribution in [2.45, 2.75) is 13.3 Å². The number of hydrogen-bond donors (Lipinski definition) is 1. The highest BCUT2D eigenvalue weighted by atomic mass is 15.0. The Morgan fingerprint density at radius 1 is 1.43 bits per heavy atom. The SMILES string of the molecule is CNCCc1ccc2c(C)ncn2c1. The molecular formula is C11H15N3. The van der Waals surface area contributed by atoms with E-state index in [9.17, 15) is 0 Å². The Morgan fingerprint density at radius 2 is 2.29 bits per heavy atom. The normalized spacial score (nSPS) is 11.0. The number of hydrogen-bond acceptors (Lipinski definition) is 2. The predicted molar refractivity (Wildman–Crippen MR) is 57.6 cm³/mol. The van der Waals surface area contributed by atoms with Crippen molar-refractivity contribution < 1.29 is 0 Å². The molecule has 0 radical (unpaired) electrons. The van der Waals surface area contributed by atoms with Gasteiger partial charge in [-0.25, -0.2) is 4.98 Å². The minimum Gasteiger partial charge on any atom is -0.319 e. The van der Waals surface area contributed by atoms with Gasteiger partial charge in [0.15, 0.2) is 0 Å². The molecule has 3 nitrogen and oxygen atoms in total. The summed E-state index contributed by atoms with van der Waals surface area (Å²) in [6, 6.07) is 4.30. The van der Waals surface area contributed by atoms with Crippen LogP contribution < -0.4 is 5.32 Å². The van der Waals surface area contributed by atoms with Gasteiger partial charge in [0, 0.05) is 6.20 Å². The number of imidazole rings is 1. The average molecular weight is 189 g/mol. The molecule has 3 heteroatoms. The standard InChI is InChI=1S/C11H15N3/c1-9-11-4-3-10(5-6-12-2)7-14(11)8-13-9/h3-4,7-8,12H,5-6H2,1-2H3. The van der Waals surface area contributed by atoms with Crippen LogP contribution in [0.3, 0.4) is 0 Å². The molecule has 0 spiro atoms. The summed E-state index contributed by atoms with van der Waals surface area (Å²) in [5.74, 6) is 0. The maximum absolute atomic E-state index is 4.26. The highest BCUT2D eigenvalue weighted by molar-refractivity contribution is 5.51. The highest BCUT2D eigenvalue weighted by Crippen LogP contribution is 2.10. The van der Waals surface area contributed by atoms with Crippen molar-refractivity contribution in [2.24, 2.45) is 0 Å². The van der Waals surface area contributed by atoms with Crippen molar-refractivity contribution >= 4 is 5.52 Å². The van der Waals surface area contributed by atoms with Crippen molar-refractivity contribution in [2.75, 3.05) is 13.6 Å². The van der Waals surface area contributed by atoms with E-state index < -0.39 is 0 Å². The van der Waals surface area contributed by atoms with Crippen LogP contribution in [-0.4, -0.2) is 23.0 Å². The summed E-state index contributed by atoms with van der Waals surface area (Å²) < 4.78 is 2.08. The maximum atomic E-state index is 4.26. The van der Waals surface area contributed by atoms with E-state index in [-0.39, 0.29) is 0 Å². The van der Waals surface area contributed by atoms with Gasteiger partial charge in [-0.1, -0.05) is 6.07 Å². The van der Waals surface area contributed by atoms with E-state index in [1.807, 2.05) is 20.3 Å². The Kier molecular flexibility index (Phi) is 2.50. The second-order valence-corrected chi connectivity index (χ2v) is 3.51. The van der Waals surface area contributed by atoms with Crippen LogP contribution in [0, 0.1) is 6.92 Å². The third kappa shape index (κ3) is 1.63. The Balaban J connectivity index is 2.32. The predicted octanol–water partition coefficient (Wildman–Crippen LogP) is 1.40. The molecule has 2 aromatic heterocycles. The molecule has 0 aliphatic carbocycles. The molecule has 0 unspecified atom stereocenters. The van der Waals surface area contributed by atoms with Crippen LogP contribution >= 0.6 is 0 Å². The molecule has 2 aromatic rings. The Morgan fingerprint density at radius 3 is 3.07 bits per heavy atom. The first kappa shape index (κ1) is 9.21. The number of fused-ring (bicyclic) bond motifs is 1. The molecule has 14 heavy (non-hydrogen) atoms. The van der Waals surface area contributed by atoms with Crippen molar-refractivity contribution in [3.05, 3.63) is 35.9 Å². The molecule has 2 heterocycles. The van der Waals surface area contributed by atoms with Gasteiger partial charge in [-0.05, 0) is 38.6 Å². The Labute approximate surface area is 83.8 Å². The van der Waals surface area contributed by atoms with Gasteiger partial charge in [-0.2, -0.15) is 0 Å². The fourth-order valence-corrected chi connectivity index (χ4v) is 1.60. The maximum Gasteiger partial charge on any atom is 0.0995 e. The Bertz CT molecular complexity index is 431. The zero-order valence-corrected chi connectivity index (χ0v) is 8.62. The molecule has 1 N–H and O–H groups in total. The fourth-order valence-electron chi connectivity index (χ4n) is 1.60. The minimum atomic E-state index is 1.01. The summed E-state index contributed by atoms with van der Waals surface area (Å²) in [6.45, 7) is 3.04. The molecule has 0 atom stereocenters. The lowest BCUT2D eigenvalue weighted by atomic mass is 10.2. The third-order valence-electron chi connectivity index (χ3n) is 2.45. The number of nitrogens with zero attached hydrogens (tertiary/aromatic N) is 2. The number of likely N-dealkylation sites (N-methyl/N-ethyl adjacent to an activating group) is 1. The second kappa shape index (κ2) is 3.80. The molecule has 0 aliphatic rings. The lowest BCUT2D eigenvalue weighted by molar-refractivity contribution is 0.788. The van der Waals surface area contributed by atoms with Crippen molar-refractivity contribution in [1.29, 1.82) is 0 Å². The van der Waals surface area contributed by atoms with Crippen LogP contribution in [0.5, 0.6) is 0 Å². The van der Waals surface area contributed by atoms with Crippen LogP contribution in [0.2, 0.25) is 0 Å². The smallest absolute Gasteiger partial charge is 0.0995 e. The number of nitrogens with one attached hydrogen (secondary N) is 1. The molecule has 0 aliphatic heterocycles. The molecule has 0 fully saturated rings. The zero-order chi connectivity index (χ0) is 9.97. The van der Waals surface area contributed by atoms with Gasteiger partial charge in [0.25, 0.3) is 0 Å². The van der Waals surface area contributed by atoms with E-state index in [0.29, 0.717) is 0 Å².